The summed E-state index contributed by atoms with van der Waals surface area (Å²) in [5, 5.41) is 13.8. The molecule has 0 unspecified atom stereocenters. The number of benzene rings is 2. The lowest BCUT2D eigenvalue weighted by atomic mass is 10.2. The van der Waals surface area contributed by atoms with Crippen molar-refractivity contribution in [1.29, 1.82) is 0 Å². The van der Waals surface area contributed by atoms with Gasteiger partial charge in [0.25, 0.3) is 5.69 Å². The molecule has 0 radical (unpaired) electrons. The van der Waals surface area contributed by atoms with Gasteiger partial charge in [-0.25, -0.2) is 0 Å². The molecular weight excluding hydrogens is 260 g/mol. The third kappa shape index (κ3) is 3.48. The van der Waals surface area contributed by atoms with Gasteiger partial charge in [-0.1, -0.05) is 24.3 Å². The highest BCUT2D eigenvalue weighted by Gasteiger charge is 2.13. The molecule has 0 fully saturated rings. The molecule has 2 aromatic rings. The number of anilines is 1. The minimum Gasteiger partial charge on any atom is -0.383 e. The summed E-state index contributed by atoms with van der Waals surface area (Å²) in [6.07, 6.45) is 0. The van der Waals surface area contributed by atoms with Crippen LogP contribution in [-0.2, 0) is 5.75 Å². The van der Waals surface area contributed by atoms with Gasteiger partial charge in [0.05, 0.1) is 4.92 Å². The Morgan fingerprint density at radius 3 is 2.58 bits per heavy atom. The second kappa shape index (κ2) is 6.24. The predicted molar refractivity (Wildman–Crippen MR) is 78.6 cm³/mol. The zero-order valence-electron chi connectivity index (χ0n) is 10.5. The highest BCUT2D eigenvalue weighted by molar-refractivity contribution is 7.98. The largest absolute Gasteiger partial charge is 0.383 e. The van der Waals surface area contributed by atoms with Crippen LogP contribution >= 0.6 is 11.8 Å². The minimum absolute atomic E-state index is 0.119. The molecule has 0 saturated carbocycles. The Hall–Kier alpha value is -2.01. The lowest BCUT2D eigenvalue weighted by Crippen LogP contribution is -1.97. The molecule has 2 rings (SSSR count). The first-order valence-corrected chi connectivity index (χ1v) is 6.82. The van der Waals surface area contributed by atoms with E-state index < -0.39 is 0 Å². The molecular formula is C14H14N2O2S. The Morgan fingerprint density at radius 1 is 1.21 bits per heavy atom. The summed E-state index contributed by atoms with van der Waals surface area (Å²) < 4.78 is 0. The number of rotatable bonds is 5. The van der Waals surface area contributed by atoms with Gasteiger partial charge in [-0.3, -0.25) is 10.1 Å². The summed E-state index contributed by atoms with van der Waals surface area (Å²) in [5.74, 6) is 0.717. The van der Waals surface area contributed by atoms with E-state index in [0.29, 0.717) is 5.69 Å². The Kier molecular flexibility index (Phi) is 4.41. The monoisotopic (exact) mass is 274 g/mol. The van der Waals surface area contributed by atoms with Crippen LogP contribution < -0.4 is 5.32 Å². The quantitative estimate of drug-likeness (QED) is 0.510. The van der Waals surface area contributed by atoms with Gasteiger partial charge in [0.2, 0.25) is 0 Å². The van der Waals surface area contributed by atoms with Gasteiger partial charge < -0.3 is 5.32 Å². The summed E-state index contributed by atoms with van der Waals surface area (Å²) in [6.45, 7) is 0. The van der Waals surface area contributed by atoms with Crippen LogP contribution in [0.1, 0.15) is 5.56 Å². The molecule has 0 spiro atoms. The number of nitro groups is 1. The van der Waals surface area contributed by atoms with E-state index >= 15 is 0 Å². The van der Waals surface area contributed by atoms with E-state index in [2.05, 4.69) is 5.32 Å². The number of hydrogen-bond donors (Lipinski definition) is 1. The molecule has 5 heteroatoms. The second-order valence-electron chi connectivity index (χ2n) is 3.96. The van der Waals surface area contributed by atoms with Gasteiger partial charge in [-0.05, 0) is 23.8 Å². The van der Waals surface area contributed by atoms with Crippen molar-refractivity contribution >= 4 is 23.1 Å². The molecule has 0 atom stereocenters. The second-order valence-corrected chi connectivity index (χ2v) is 5.01. The van der Waals surface area contributed by atoms with Gasteiger partial charge in [0, 0.05) is 23.8 Å². The molecule has 0 aliphatic heterocycles. The molecule has 4 nitrogen and oxygen atoms in total. The van der Waals surface area contributed by atoms with Crippen LogP contribution in [0.25, 0.3) is 0 Å². The number of nitrogens with zero attached hydrogens (tertiary/aromatic N) is 1. The van der Waals surface area contributed by atoms with Crippen molar-refractivity contribution in [2.45, 2.75) is 10.6 Å². The predicted octanol–water partition coefficient (Wildman–Crippen LogP) is 3.93. The maximum Gasteiger partial charge on any atom is 0.292 e. The van der Waals surface area contributed by atoms with Crippen LogP contribution in [0.4, 0.5) is 11.4 Å². The van der Waals surface area contributed by atoms with Crippen molar-refractivity contribution in [2.75, 3.05) is 12.4 Å². The summed E-state index contributed by atoms with van der Waals surface area (Å²) in [5.41, 5.74) is 1.60. The van der Waals surface area contributed by atoms with Crippen LogP contribution in [0.3, 0.4) is 0 Å². The highest BCUT2D eigenvalue weighted by atomic mass is 32.2. The lowest BCUT2D eigenvalue weighted by Gasteiger charge is -2.05. The maximum atomic E-state index is 11.0. The van der Waals surface area contributed by atoms with Crippen molar-refractivity contribution in [3.63, 3.8) is 0 Å². The van der Waals surface area contributed by atoms with Crippen LogP contribution in [0.15, 0.2) is 53.4 Å². The lowest BCUT2D eigenvalue weighted by molar-refractivity contribution is -0.384. The summed E-state index contributed by atoms with van der Waals surface area (Å²) >= 11 is 1.66. The normalized spacial score (nSPS) is 10.2. The molecule has 0 amide bonds. The molecule has 0 bridgehead atoms. The average molecular weight is 274 g/mol. The topological polar surface area (TPSA) is 55.2 Å². The minimum atomic E-state index is -0.359. The standard InChI is InChI=1S/C14H14N2O2S/c1-15-13-8-7-11(9-14(13)16(17)18)10-19-12-5-3-2-4-6-12/h2-9,15H,10H2,1H3. The van der Waals surface area contributed by atoms with Gasteiger partial charge in [0.1, 0.15) is 5.69 Å². The van der Waals surface area contributed by atoms with Crippen LogP contribution in [0, 0.1) is 10.1 Å². The molecule has 0 aliphatic rings. The fourth-order valence-corrected chi connectivity index (χ4v) is 2.58. The smallest absolute Gasteiger partial charge is 0.292 e. The Morgan fingerprint density at radius 2 is 1.95 bits per heavy atom. The summed E-state index contributed by atoms with van der Waals surface area (Å²) in [6, 6.07) is 15.3. The van der Waals surface area contributed by atoms with E-state index in [4.69, 9.17) is 0 Å². The van der Waals surface area contributed by atoms with E-state index in [1.165, 1.54) is 0 Å². The van der Waals surface area contributed by atoms with Gasteiger partial charge in [0.15, 0.2) is 0 Å². The van der Waals surface area contributed by atoms with E-state index in [1.807, 2.05) is 36.4 Å². The third-order valence-electron chi connectivity index (χ3n) is 2.68. The van der Waals surface area contributed by atoms with E-state index in [0.717, 1.165) is 16.2 Å². The third-order valence-corrected chi connectivity index (χ3v) is 3.76. The molecule has 19 heavy (non-hydrogen) atoms. The zero-order valence-corrected chi connectivity index (χ0v) is 11.3. The van der Waals surface area contributed by atoms with Crippen molar-refractivity contribution in [3.05, 3.63) is 64.2 Å². The number of nitrogens with one attached hydrogen (secondary N) is 1. The van der Waals surface area contributed by atoms with Crippen molar-refractivity contribution in [3.8, 4) is 0 Å². The van der Waals surface area contributed by atoms with E-state index in [9.17, 15) is 10.1 Å². The van der Waals surface area contributed by atoms with Crippen LogP contribution in [-0.4, -0.2) is 12.0 Å². The molecule has 2 aromatic carbocycles. The van der Waals surface area contributed by atoms with Gasteiger partial charge in [-0.15, -0.1) is 11.8 Å². The summed E-state index contributed by atoms with van der Waals surface area (Å²) in [4.78, 5) is 11.8. The van der Waals surface area contributed by atoms with Crippen molar-refractivity contribution < 1.29 is 4.92 Å². The molecule has 98 valence electrons. The number of nitro benzene ring substituents is 1. The average Bonchev–Trinajstić information content (AvgIpc) is 2.46. The number of hydrogen-bond acceptors (Lipinski definition) is 4. The van der Waals surface area contributed by atoms with Crippen molar-refractivity contribution in [2.24, 2.45) is 0 Å². The SMILES string of the molecule is CNc1ccc(CSc2ccccc2)cc1[N+](=O)[O-]. The molecule has 0 aromatic heterocycles. The Balaban J connectivity index is 2.13. The van der Waals surface area contributed by atoms with Gasteiger partial charge >= 0.3 is 0 Å². The first-order chi connectivity index (χ1) is 9.20. The molecule has 0 saturated heterocycles. The highest BCUT2D eigenvalue weighted by Crippen LogP contribution is 2.28. The Labute approximate surface area is 116 Å². The first-order valence-electron chi connectivity index (χ1n) is 5.83. The zero-order chi connectivity index (χ0) is 13.7. The van der Waals surface area contributed by atoms with Crippen molar-refractivity contribution in [1.82, 2.24) is 0 Å². The van der Waals surface area contributed by atoms with Crippen LogP contribution in [0.5, 0.6) is 0 Å². The molecule has 0 aliphatic carbocycles. The van der Waals surface area contributed by atoms with Gasteiger partial charge in [-0.2, -0.15) is 0 Å². The van der Waals surface area contributed by atoms with Crippen LogP contribution in [0.2, 0.25) is 0 Å². The molecule has 1 N–H and O–H groups in total. The van der Waals surface area contributed by atoms with E-state index in [-0.39, 0.29) is 10.6 Å². The summed E-state index contributed by atoms with van der Waals surface area (Å²) in [7, 11) is 1.68. The molecule has 0 heterocycles. The number of thioether (sulfide) groups is 1. The Bertz CT molecular complexity index is 573. The maximum absolute atomic E-state index is 11.0. The fraction of sp³-hybridized carbons (Fsp3) is 0.143. The van der Waals surface area contributed by atoms with E-state index in [1.54, 1.807) is 30.9 Å². The first kappa shape index (κ1) is 13.4. The fourth-order valence-electron chi connectivity index (χ4n) is 1.71.